The van der Waals surface area contributed by atoms with Gasteiger partial charge in [0.1, 0.15) is 0 Å². The van der Waals surface area contributed by atoms with Gasteiger partial charge >= 0.3 is 0 Å². The van der Waals surface area contributed by atoms with Gasteiger partial charge in [0.05, 0.1) is 11.6 Å². The molecule has 0 aliphatic rings. The van der Waals surface area contributed by atoms with Gasteiger partial charge in [0.25, 0.3) is 5.91 Å². The van der Waals surface area contributed by atoms with Crippen LogP contribution in [0.5, 0.6) is 0 Å². The van der Waals surface area contributed by atoms with Gasteiger partial charge < -0.3 is 4.90 Å². The molecule has 0 fully saturated rings. The number of anilines is 1. The normalized spacial score (nSPS) is 10.0. The van der Waals surface area contributed by atoms with Crippen molar-refractivity contribution >= 4 is 11.6 Å². The Balaban J connectivity index is 2.38. The molecule has 0 saturated heterocycles. The van der Waals surface area contributed by atoms with Crippen molar-refractivity contribution in [1.29, 1.82) is 5.26 Å². The molecule has 0 spiro atoms. The second-order valence-corrected chi connectivity index (χ2v) is 4.34. The van der Waals surface area contributed by atoms with Gasteiger partial charge in [-0.25, -0.2) is 8.78 Å². The van der Waals surface area contributed by atoms with Crippen LogP contribution in [0.25, 0.3) is 0 Å². The van der Waals surface area contributed by atoms with Gasteiger partial charge in [-0.3, -0.25) is 4.79 Å². The fourth-order valence-electron chi connectivity index (χ4n) is 1.97. The maximum absolute atomic E-state index is 13.3. The first kappa shape index (κ1) is 14.7. The zero-order valence-electron chi connectivity index (χ0n) is 11.3. The van der Waals surface area contributed by atoms with Crippen molar-refractivity contribution in [2.45, 2.75) is 6.92 Å². The number of halogens is 2. The smallest absolute Gasteiger partial charge is 0.258 e. The van der Waals surface area contributed by atoms with Crippen LogP contribution in [0.2, 0.25) is 0 Å². The van der Waals surface area contributed by atoms with Crippen molar-refractivity contribution < 1.29 is 13.6 Å². The van der Waals surface area contributed by atoms with Gasteiger partial charge in [-0.15, -0.1) is 0 Å². The summed E-state index contributed by atoms with van der Waals surface area (Å²) in [5.74, 6) is -2.35. The largest absolute Gasteiger partial charge is 0.309 e. The van der Waals surface area contributed by atoms with E-state index in [1.54, 1.807) is 25.1 Å². The lowest BCUT2D eigenvalue weighted by atomic mass is 10.1. The minimum atomic E-state index is -1.01. The SMILES string of the molecule is CCN(C(=O)c1cccc(C#N)c1)c1ccc(F)c(F)c1. The Morgan fingerprint density at radius 1 is 1.19 bits per heavy atom. The second-order valence-electron chi connectivity index (χ2n) is 4.34. The number of hydrogen-bond acceptors (Lipinski definition) is 2. The van der Waals surface area contributed by atoms with Crippen LogP contribution in [-0.4, -0.2) is 12.5 Å². The number of carbonyl (C=O) groups is 1. The van der Waals surface area contributed by atoms with Gasteiger partial charge in [0.2, 0.25) is 0 Å². The third-order valence-corrected chi connectivity index (χ3v) is 3.01. The van der Waals surface area contributed by atoms with Gasteiger partial charge in [0, 0.05) is 23.9 Å². The molecule has 0 bridgehead atoms. The Bertz CT molecular complexity index is 722. The number of nitrogens with zero attached hydrogens (tertiary/aromatic N) is 2. The molecule has 2 aromatic carbocycles. The van der Waals surface area contributed by atoms with Crippen molar-refractivity contribution in [3.05, 3.63) is 65.2 Å². The van der Waals surface area contributed by atoms with E-state index in [-0.39, 0.29) is 11.6 Å². The fourth-order valence-corrected chi connectivity index (χ4v) is 1.97. The molecule has 0 radical (unpaired) electrons. The number of benzene rings is 2. The summed E-state index contributed by atoms with van der Waals surface area (Å²) < 4.78 is 26.3. The van der Waals surface area contributed by atoms with Crippen molar-refractivity contribution in [3.8, 4) is 6.07 Å². The first-order valence-corrected chi connectivity index (χ1v) is 6.34. The van der Waals surface area contributed by atoms with E-state index < -0.39 is 11.6 Å². The third-order valence-electron chi connectivity index (χ3n) is 3.01. The highest BCUT2D eigenvalue weighted by molar-refractivity contribution is 6.06. The molecule has 2 aromatic rings. The average molecular weight is 286 g/mol. The molecule has 0 aliphatic carbocycles. The quantitative estimate of drug-likeness (QED) is 0.866. The molecule has 1 amide bonds. The number of nitriles is 1. The van der Waals surface area contributed by atoms with Crippen LogP contribution in [0.4, 0.5) is 14.5 Å². The summed E-state index contributed by atoms with van der Waals surface area (Å²) in [4.78, 5) is 13.8. The highest BCUT2D eigenvalue weighted by atomic mass is 19.2. The molecule has 0 N–H and O–H groups in total. The van der Waals surface area contributed by atoms with Crippen LogP contribution in [0.15, 0.2) is 42.5 Å². The van der Waals surface area contributed by atoms with Gasteiger partial charge in [-0.05, 0) is 37.3 Å². The van der Waals surface area contributed by atoms with Gasteiger partial charge in [-0.1, -0.05) is 6.07 Å². The molecule has 21 heavy (non-hydrogen) atoms. The second kappa shape index (κ2) is 6.14. The van der Waals surface area contributed by atoms with Crippen molar-refractivity contribution in [2.75, 3.05) is 11.4 Å². The Morgan fingerprint density at radius 3 is 2.57 bits per heavy atom. The topological polar surface area (TPSA) is 44.1 Å². The number of carbonyl (C=O) groups excluding carboxylic acids is 1. The van der Waals surface area contributed by atoms with Crippen LogP contribution >= 0.6 is 0 Å². The maximum atomic E-state index is 13.3. The first-order valence-electron chi connectivity index (χ1n) is 6.34. The molecule has 0 saturated carbocycles. The minimum Gasteiger partial charge on any atom is -0.309 e. The molecule has 3 nitrogen and oxygen atoms in total. The van der Waals surface area contributed by atoms with E-state index in [1.165, 1.54) is 17.0 Å². The van der Waals surface area contributed by atoms with Crippen LogP contribution in [-0.2, 0) is 0 Å². The molecule has 0 unspecified atom stereocenters. The highest BCUT2D eigenvalue weighted by Gasteiger charge is 2.17. The molecular formula is C16H12F2N2O. The standard InChI is InChI=1S/C16H12F2N2O/c1-2-20(13-6-7-14(17)15(18)9-13)16(21)12-5-3-4-11(8-12)10-19/h3-9H,2H2,1H3. The van der Waals surface area contributed by atoms with E-state index >= 15 is 0 Å². The van der Waals surface area contributed by atoms with E-state index in [4.69, 9.17) is 5.26 Å². The van der Waals surface area contributed by atoms with Crippen LogP contribution < -0.4 is 4.90 Å². The molecule has 0 heterocycles. The molecule has 5 heteroatoms. The Labute approximate surface area is 121 Å². The van der Waals surface area contributed by atoms with E-state index in [1.807, 2.05) is 6.07 Å². The van der Waals surface area contributed by atoms with E-state index in [0.717, 1.165) is 12.1 Å². The zero-order valence-corrected chi connectivity index (χ0v) is 11.3. The maximum Gasteiger partial charge on any atom is 0.258 e. The van der Waals surface area contributed by atoms with Crippen molar-refractivity contribution in [3.63, 3.8) is 0 Å². The lowest BCUT2D eigenvalue weighted by Gasteiger charge is -2.21. The predicted molar refractivity (Wildman–Crippen MR) is 74.9 cm³/mol. The molecule has 0 atom stereocenters. The Morgan fingerprint density at radius 2 is 1.95 bits per heavy atom. The molecule has 2 rings (SSSR count). The molecule has 0 aromatic heterocycles. The fraction of sp³-hybridized carbons (Fsp3) is 0.125. The summed E-state index contributed by atoms with van der Waals surface area (Å²) in [6.45, 7) is 2.02. The average Bonchev–Trinajstić information content (AvgIpc) is 2.51. The summed E-state index contributed by atoms with van der Waals surface area (Å²) in [6.07, 6.45) is 0. The molecular weight excluding hydrogens is 274 g/mol. The monoisotopic (exact) mass is 286 g/mol. The summed E-state index contributed by atoms with van der Waals surface area (Å²) >= 11 is 0. The number of hydrogen-bond donors (Lipinski definition) is 0. The Hall–Kier alpha value is -2.74. The zero-order chi connectivity index (χ0) is 15.4. The number of rotatable bonds is 3. The minimum absolute atomic E-state index is 0.267. The van der Waals surface area contributed by atoms with Crippen molar-refractivity contribution in [2.24, 2.45) is 0 Å². The van der Waals surface area contributed by atoms with Crippen LogP contribution in [0.1, 0.15) is 22.8 Å². The van der Waals surface area contributed by atoms with Gasteiger partial charge in [-0.2, -0.15) is 5.26 Å². The van der Waals surface area contributed by atoms with E-state index in [2.05, 4.69) is 0 Å². The predicted octanol–water partition coefficient (Wildman–Crippen LogP) is 3.50. The Kier molecular flexibility index (Phi) is 4.29. The van der Waals surface area contributed by atoms with E-state index in [9.17, 15) is 13.6 Å². The molecule has 0 aliphatic heterocycles. The van der Waals surface area contributed by atoms with Gasteiger partial charge in [0.15, 0.2) is 11.6 Å². The van der Waals surface area contributed by atoms with Crippen molar-refractivity contribution in [1.82, 2.24) is 0 Å². The lowest BCUT2D eigenvalue weighted by molar-refractivity contribution is 0.0988. The molecule has 106 valence electrons. The highest BCUT2D eigenvalue weighted by Crippen LogP contribution is 2.20. The number of amides is 1. The summed E-state index contributed by atoms with van der Waals surface area (Å²) in [7, 11) is 0. The van der Waals surface area contributed by atoms with E-state index in [0.29, 0.717) is 17.7 Å². The summed E-state index contributed by atoms with van der Waals surface area (Å²) in [6, 6.07) is 11.5. The van der Waals surface area contributed by atoms with Crippen LogP contribution in [0, 0.1) is 23.0 Å². The first-order chi connectivity index (χ1) is 10.1. The lowest BCUT2D eigenvalue weighted by Crippen LogP contribution is -2.30. The summed E-state index contributed by atoms with van der Waals surface area (Å²) in [5.41, 5.74) is 0.951. The van der Waals surface area contributed by atoms with Crippen LogP contribution in [0.3, 0.4) is 0 Å². The summed E-state index contributed by atoms with van der Waals surface area (Å²) in [5, 5.41) is 8.86. The third kappa shape index (κ3) is 3.06.